The van der Waals surface area contributed by atoms with Crippen LogP contribution in [0.4, 0.5) is 0 Å². The van der Waals surface area contributed by atoms with Gasteiger partial charge < -0.3 is 40.1 Å². The van der Waals surface area contributed by atoms with Crippen LogP contribution in [0.5, 0.6) is 17.2 Å². The van der Waals surface area contributed by atoms with Crippen LogP contribution in [-0.2, 0) is 9.53 Å². The Morgan fingerprint density at radius 1 is 0.935 bits per heavy atom. The molecule has 0 spiro atoms. The molecular weight excluding hydrogens is 412 g/mol. The van der Waals surface area contributed by atoms with Crippen LogP contribution < -0.4 is 4.74 Å². The van der Waals surface area contributed by atoms with E-state index in [1.165, 1.54) is 36.4 Å². The molecule has 31 heavy (non-hydrogen) atoms. The average molecular weight is 432 g/mol. The van der Waals surface area contributed by atoms with E-state index in [-0.39, 0.29) is 17.1 Å². The van der Waals surface area contributed by atoms with E-state index in [1.807, 2.05) is 0 Å². The maximum absolute atomic E-state index is 12.3. The van der Waals surface area contributed by atoms with Crippen molar-refractivity contribution in [1.29, 1.82) is 0 Å². The third-order valence-corrected chi connectivity index (χ3v) is 4.62. The Kier molecular flexibility index (Phi) is 6.56. The minimum Gasteiger partial charge on any atom is -0.508 e. The van der Waals surface area contributed by atoms with Gasteiger partial charge in [0, 0.05) is 6.07 Å². The average Bonchev–Trinajstić information content (AvgIpc) is 2.73. The zero-order valence-corrected chi connectivity index (χ0v) is 15.9. The van der Waals surface area contributed by atoms with Gasteiger partial charge in [-0.1, -0.05) is 18.2 Å². The van der Waals surface area contributed by atoms with Crippen molar-refractivity contribution in [3.05, 3.63) is 59.7 Å². The van der Waals surface area contributed by atoms with Crippen LogP contribution in [0.25, 0.3) is 6.08 Å². The van der Waals surface area contributed by atoms with Crippen molar-refractivity contribution in [2.45, 2.75) is 30.7 Å². The van der Waals surface area contributed by atoms with Crippen molar-refractivity contribution in [2.75, 3.05) is 0 Å². The molecule has 5 atom stereocenters. The highest BCUT2D eigenvalue weighted by Crippen LogP contribution is 2.29. The van der Waals surface area contributed by atoms with Crippen molar-refractivity contribution in [3.8, 4) is 17.2 Å². The van der Waals surface area contributed by atoms with Crippen molar-refractivity contribution >= 4 is 17.8 Å². The van der Waals surface area contributed by atoms with Gasteiger partial charge in [-0.15, -0.1) is 0 Å². The molecule has 1 fully saturated rings. The van der Waals surface area contributed by atoms with E-state index in [0.717, 1.165) is 6.07 Å². The Morgan fingerprint density at radius 2 is 1.61 bits per heavy atom. The molecule has 0 bridgehead atoms. The smallest absolute Gasteiger partial charge is 0.335 e. The highest BCUT2D eigenvalue weighted by atomic mass is 16.7. The zero-order valence-electron chi connectivity index (χ0n) is 15.9. The number of aliphatic hydroxyl groups is 3. The number of aliphatic hydroxyl groups excluding tert-OH is 3. The number of hydrogen-bond donors (Lipinski definition) is 6. The van der Waals surface area contributed by atoms with Gasteiger partial charge in [-0.2, -0.15) is 0 Å². The van der Waals surface area contributed by atoms with Crippen LogP contribution in [0.15, 0.2) is 48.5 Å². The maximum atomic E-state index is 12.3. The highest BCUT2D eigenvalue weighted by Gasteiger charge is 2.48. The summed E-state index contributed by atoms with van der Waals surface area (Å²) in [6.07, 6.45) is -6.21. The first-order valence-electron chi connectivity index (χ1n) is 9.11. The number of aromatic hydroxyl groups is 2. The van der Waals surface area contributed by atoms with E-state index >= 15 is 0 Å². The van der Waals surface area contributed by atoms with Gasteiger partial charge in [0.05, 0.1) is 5.56 Å². The van der Waals surface area contributed by atoms with E-state index in [1.54, 1.807) is 12.1 Å². The number of ketones is 1. The number of carboxylic acids is 1. The van der Waals surface area contributed by atoms with Gasteiger partial charge in [0.15, 0.2) is 11.9 Å². The van der Waals surface area contributed by atoms with E-state index < -0.39 is 48.2 Å². The standard InChI is InChI=1S/C21H20O10/c22-11-4-1-10(2-5-11)3-8-14(23)13-7-6-12(9-15(13)24)30-21-18(27)16(25)17(26)19(31-21)20(28)29/h1-9,16-19,21-22,24-27H,(H,28,29)/b8-3+/t16-,17-,18+,19-,21+/m0/s1. The minimum absolute atomic E-state index is 0.0497. The van der Waals surface area contributed by atoms with E-state index in [0.29, 0.717) is 5.56 Å². The number of hydrogen-bond acceptors (Lipinski definition) is 9. The molecule has 1 heterocycles. The Balaban J connectivity index is 1.72. The number of carbonyl (C=O) groups is 2. The second-order valence-electron chi connectivity index (χ2n) is 6.82. The molecule has 0 radical (unpaired) electrons. The molecule has 0 unspecified atom stereocenters. The Morgan fingerprint density at radius 3 is 2.23 bits per heavy atom. The summed E-state index contributed by atoms with van der Waals surface area (Å²) in [5.74, 6) is -2.51. The molecule has 6 N–H and O–H groups in total. The molecule has 0 aliphatic carbocycles. The molecule has 1 aliphatic heterocycles. The summed E-state index contributed by atoms with van der Waals surface area (Å²) in [5, 5.41) is 58.0. The first-order chi connectivity index (χ1) is 14.7. The molecule has 10 heteroatoms. The van der Waals surface area contributed by atoms with Crippen molar-refractivity contribution in [3.63, 3.8) is 0 Å². The Bertz CT molecular complexity index is 984. The van der Waals surface area contributed by atoms with Gasteiger partial charge >= 0.3 is 5.97 Å². The summed E-state index contributed by atoms with van der Waals surface area (Å²) in [6, 6.07) is 9.71. The van der Waals surface area contributed by atoms with Gasteiger partial charge in [-0.3, -0.25) is 4.79 Å². The number of ether oxygens (including phenoxy) is 2. The topological polar surface area (TPSA) is 174 Å². The second-order valence-corrected chi connectivity index (χ2v) is 6.82. The van der Waals surface area contributed by atoms with Crippen LogP contribution >= 0.6 is 0 Å². The van der Waals surface area contributed by atoms with Gasteiger partial charge in [-0.05, 0) is 35.9 Å². The molecule has 10 nitrogen and oxygen atoms in total. The summed E-state index contributed by atoms with van der Waals surface area (Å²) in [5.41, 5.74) is 0.606. The maximum Gasteiger partial charge on any atom is 0.335 e. The summed E-state index contributed by atoms with van der Waals surface area (Å²) in [4.78, 5) is 23.5. The fraction of sp³-hybridized carbons (Fsp3) is 0.238. The lowest BCUT2D eigenvalue weighted by atomic mass is 9.99. The minimum atomic E-state index is -1.86. The number of benzene rings is 2. The van der Waals surface area contributed by atoms with Crippen molar-refractivity contribution in [1.82, 2.24) is 0 Å². The van der Waals surface area contributed by atoms with Crippen molar-refractivity contribution in [2.24, 2.45) is 0 Å². The highest BCUT2D eigenvalue weighted by molar-refractivity contribution is 6.08. The lowest BCUT2D eigenvalue weighted by molar-refractivity contribution is -0.271. The number of carboxylic acid groups (broad SMARTS) is 1. The number of aliphatic carboxylic acids is 1. The first-order valence-corrected chi connectivity index (χ1v) is 9.11. The quantitative estimate of drug-likeness (QED) is 0.274. The summed E-state index contributed by atoms with van der Waals surface area (Å²) in [7, 11) is 0. The first kappa shape index (κ1) is 22.2. The molecule has 0 amide bonds. The summed E-state index contributed by atoms with van der Waals surface area (Å²) >= 11 is 0. The van der Waals surface area contributed by atoms with Crippen LogP contribution in [0.1, 0.15) is 15.9 Å². The molecule has 2 aromatic carbocycles. The Hall–Kier alpha value is -3.44. The molecule has 1 saturated heterocycles. The normalized spacial score (nSPS) is 26.0. The van der Waals surface area contributed by atoms with E-state index in [2.05, 4.69) is 0 Å². The lowest BCUT2D eigenvalue weighted by Gasteiger charge is -2.38. The lowest BCUT2D eigenvalue weighted by Crippen LogP contribution is -2.61. The van der Waals surface area contributed by atoms with Crippen LogP contribution in [-0.4, -0.2) is 73.1 Å². The predicted molar refractivity (Wildman–Crippen MR) is 105 cm³/mol. The van der Waals surface area contributed by atoms with E-state index in [9.17, 15) is 35.1 Å². The molecular formula is C21H20O10. The molecule has 0 saturated carbocycles. The number of phenols is 2. The number of phenolic OH excluding ortho intramolecular Hbond substituents is 2. The third-order valence-electron chi connectivity index (χ3n) is 4.62. The van der Waals surface area contributed by atoms with Crippen molar-refractivity contribution < 1.29 is 49.7 Å². The van der Waals surface area contributed by atoms with Crippen LogP contribution in [0, 0.1) is 0 Å². The van der Waals surface area contributed by atoms with Gasteiger partial charge in [0.2, 0.25) is 6.29 Å². The fourth-order valence-electron chi connectivity index (χ4n) is 2.92. The second kappa shape index (κ2) is 9.14. The monoisotopic (exact) mass is 432 g/mol. The Labute approximate surface area is 175 Å². The molecule has 0 aromatic heterocycles. The van der Waals surface area contributed by atoms with E-state index in [4.69, 9.17) is 14.6 Å². The number of rotatable bonds is 6. The molecule has 1 aliphatic rings. The van der Waals surface area contributed by atoms with Gasteiger partial charge in [-0.25, -0.2) is 4.79 Å². The third kappa shape index (κ3) is 5.01. The molecule has 164 valence electrons. The zero-order chi connectivity index (χ0) is 22.7. The van der Waals surface area contributed by atoms with Crippen LogP contribution in [0.2, 0.25) is 0 Å². The predicted octanol–water partition coefficient (Wildman–Crippen LogP) is 0.265. The molecule has 3 rings (SSSR count). The van der Waals surface area contributed by atoms with Gasteiger partial charge in [0.1, 0.15) is 35.6 Å². The summed E-state index contributed by atoms with van der Waals surface area (Å²) in [6.45, 7) is 0. The largest absolute Gasteiger partial charge is 0.508 e. The number of allylic oxidation sites excluding steroid dienone is 1. The van der Waals surface area contributed by atoms with Gasteiger partial charge in [0.25, 0.3) is 0 Å². The fourth-order valence-corrected chi connectivity index (χ4v) is 2.92. The number of carbonyl (C=O) groups excluding carboxylic acids is 1. The molecule has 2 aromatic rings. The summed E-state index contributed by atoms with van der Waals surface area (Å²) < 4.78 is 10.3. The van der Waals surface area contributed by atoms with Crippen LogP contribution in [0.3, 0.4) is 0 Å². The SMILES string of the molecule is O=C(/C=C/c1ccc(O)cc1)c1ccc(O[C@@H]2O[C@H](C(=O)O)[C@@H](O)[C@H](O)[C@H]2O)cc1O.